The number of nitrogens with one attached hydrogen (secondary N) is 1. The molecular formula is C38H54N2O11. The summed E-state index contributed by atoms with van der Waals surface area (Å²) in [6, 6.07) is 6.37. The van der Waals surface area contributed by atoms with Crippen molar-refractivity contribution >= 4 is 23.5 Å². The number of likely N-dealkylation sites (tertiary alicyclic amines) is 1. The van der Waals surface area contributed by atoms with Gasteiger partial charge in [0.1, 0.15) is 11.2 Å². The minimum Gasteiger partial charge on any atom is -0.469 e. The number of para-hydroxylation sites is 1. The van der Waals surface area contributed by atoms with Crippen LogP contribution in [0.25, 0.3) is 0 Å². The average molecular weight is 715 g/mol. The third-order valence-electron chi connectivity index (χ3n) is 14.3. The second-order valence-electron chi connectivity index (χ2n) is 15.6. The molecule has 7 rings (SSSR count). The summed E-state index contributed by atoms with van der Waals surface area (Å²) in [6.45, 7) is 3.46. The number of anilines is 1. The van der Waals surface area contributed by atoms with Gasteiger partial charge in [0.25, 0.3) is 0 Å². The molecule has 5 aliphatic carbocycles. The summed E-state index contributed by atoms with van der Waals surface area (Å²) in [5.41, 5.74) is -3.11. The van der Waals surface area contributed by atoms with Gasteiger partial charge in [-0.1, -0.05) is 19.1 Å². The lowest BCUT2D eigenvalue weighted by molar-refractivity contribution is -0.326. The topological polar surface area (TPSA) is 151 Å². The number of hydrogen-bond donors (Lipinski definition) is 2. The van der Waals surface area contributed by atoms with E-state index in [9.17, 15) is 19.5 Å². The minimum atomic E-state index is -1.46. The summed E-state index contributed by atoms with van der Waals surface area (Å²) in [6.07, 6.45) is 1.43. The standard InChI is InChI=1S/C38H54N2O11/c1-8-40-19-35(20-51-33(43)21-11-9-10-12-24(21)39-27(41)13-14-28(42)47-4)16-15-26(46-3)37-23-17-22-25(45-2)18-36(50-7,29(23)30(22)48-5)38(44,34(37)40)32(49-6)31(35)37/h9-12,22-23,25-26,29-32,34,44H,8,13-20H2,1-7H3,(H,39,41)/t22-,23-,25+,26-,29-,30+,31-,32+,34+,35+,36-,37+,38-/m1/s1. The van der Waals surface area contributed by atoms with Gasteiger partial charge >= 0.3 is 11.9 Å². The normalized spacial score (nSPS) is 43.1. The zero-order chi connectivity index (χ0) is 36.5. The van der Waals surface area contributed by atoms with Gasteiger partial charge in [0, 0.05) is 83.5 Å². The molecule has 51 heavy (non-hydrogen) atoms. The fourth-order valence-electron chi connectivity index (χ4n) is 12.9. The Morgan fingerprint density at radius 2 is 1.76 bits per heavy atom. The van der Waals surface area contributed by atoms with Crippen LogP contribution in [0.1, 0.15) is 55.8 Å². The molecule has 1 aliphatic heterocycles. The molecule has 1 aromatic carbocycles. The lowest BCUT2D eigenvalue weighted by Gasteiger charge is -2.70. The van der Waals surface area contributed by atoms with Crippen LogP contribution in [0.5, 0.6) is 0 Å². The molecule has 0 unspecified atom stereocenters. The highest BCUT2D eigenvalue weighted by molar-refractivity contribution is 6.01. The van der Waals surface area contributed by atoms with E-state index in [1.54, 1.807) is 59.8 Å². The molecule has 1 amide bonds. The fourth-order valence-corrected chi connectivity index (χ4v) is 12.9. The molecule has 1 saturated heterocycles. The third-order valence-corrected chi connectivity index (χ3v) is 14.3. The molecule has 2 N–H and O–H groups in total. The molecule has 1 aromatic rings. The number of benzene rings is 1. The van der Waals surface area contributed by atoms with E-state index in [2.05, 4.69) is 21.9 Å². The highest BCUT2D eigenvalue weighted by Crippen LogP contribution is 2.81. The number of ether oxygens (including phenoxy) is 7. The quantitative estimate of drug-likeness (QED) is 0.289. The van der Waals surface area contributed by atoms with E-state index in [-0.39, 0.29) is 73.0 Å². The van der Waals surface area contributed by atoms with E-state index < -0.39 is 46.0 Å². The van der Waals surface area contributed by atoms with Gasteiger partial charge in [-0.2, -0.15) is 0 Å². The molecule has 13 atom stereocenters. The van der Waals surface area contributed by atoms with Crippen LogP contribution in [0.15, 0.2) is 24.3 Å². The molecule has 5 saturated carbocycles. The van der Waals surface area contributed by atoms with Crippen molar-refractivity contribution in [1.29, 1.82) is 0 Å². The maximum atomic E-state index is 14.0. The van der Waals surface area contributed by atoms with Gasteiger partial charge in [-0.3, -0.25) is 14.5 Å². The lowest BCUT2D eigenvalue weighted by Crippen LogP contribution is -2.82. The minimum absolute atomic E-state index is 0.0542. The molecule has 6 aliphatic rings. The van der Waals surface area contributed by atoms with Gasteiger partial charge in [0.2, 0.25) is 5.91 Å². The third kappa shape index (κ3) is 4.74. The van der Waals surface area contributed by atoms with E-state index in [0.717, 1.165) is 12.8 Å². The van der Waals surface area contributed by atoms with Crippen LogP contribution in [-0.2, 0) is 42.7 Å². The van der Waals surface area contributed by atoms with Crippen LogP contribution >= 0.6 is 0 Å². The summed E-state index contributed by atoms with van der Waals surface area (Å²) in [5, 5.41) is 16.5. The first-order valence-electron chi connectivity index (χ1n) is 18.3. The summed E-state index contributed by atoms with van der Waals surface area (Å²) >= 11 is 0. The number of amides is 1. The van der Waals surface area contributed by atoms with Crippen molar-refractivity contribution in [2.75, 3.05) is 67.7 Å². The Hall–Kier alpha value is -2.65. The Morgan fingerprint density at radius 3 is 2.41 bits per heavy atom. The Morgan fingerprint density at radius 1 is 1.00 bits per heavy atom. The molecule has 1 spiro atoms. The van der Waals surface area contributed by atoms with Crippen molar-refractivity contribution in [2.24, 2.45) is 34.5 Å². The van der Waals surface area contributed by atoms with Gasteiger partial charge < -0.3 is 43.6 Å². The number of hydrogen-bond acceptors (Lipinski definition) is 12. The van der Waals surface area contributed by atoms with Gasteiger partial charge in [0.05, 0.1) is 61.8 Å². The van der Waals surface area contributed by atoms with E-state index in [4.69, 9.17) is 28.4 Å². The first-order valence-corrected chi connectivity index (χ1v) is 18.3. The smallest absolute Gasteiger partial charge is 0.340 e. The van der Waals surface area contributed by atoms with Crippen LogP contribution in [0.2, 0.25) is 0 Å². The monoisotopic (exact) mass is 714 g/mol. The predicted molar refractivity (Wildman–Crippen MR) is 183 cm³/mol. The highest BCUT2D eigenvalue weighted by atomic mass is 16.6. The van der Waals surface area contributed by atoms with Crippen LogP contribution in [-0.4, -0.2) is 132 Å². The SMILES string of the molecule is CCN1C[C@]2(COC(=O)c3ccccc3NC(=O)CCC(=O)OC)CC[C@@H](OC)[C@@]34[C@@H]5C[C@H]6[C@H](OC)[C@@H]5[C@](OC)(C[C@@H]6OC)[C@@](O)([C@@H](OC)[C@H]23)[C@@H]14. The second-order valence-corrected chi connectivity index (χ2v) is 15.6. The van der Waals surface area contributed by atoms with Gasteiger partial charge in [-0.15, -0.1) is 0 Å². The number of carbonyl (C=O) groups excluding carboxylic acids is 3. The van der Waals surface area contributed by atoms with Crippen LogP contribution in [0, 0.1) is 34.5 Å². The molecule has 282 valence electrons. The Labute approximate surface area is 299 Å². The Kier molecular flexibility index (Phi) is 9.59. The number of esters is 2. The first-order chi connectivity index (χ1) is 24.5. The number of rotatable bonds is 13. The molecule has 13 nitrogen and oxygen atoms in total. The number of methoxy groups -OCH3 is 6. The largest absolute Gasteiger partial charge is 0.469 e. The summed E-state index contributed by atoms with van der Waals surface area (Å²) in [5.74, 6) is -1.65. The number of nitrogens with zero attached hydrogens (tertiary/aromatic N) is 1. The maximum Gasteiger partial charge on any atom is 0.340 e. The van der Waals surface area contributed by atoms with Crippen molar-refractivity contribution in [3.63, 3.8) is 0 Å². The molecule has 13 heteroatoms. The van der Waals surface area contributed by atoms with Crippen molar-refractivity contribution in [1.82, 2.24) is 4.90 Å². The molecule has 6 fully saturated rings. The predicted octanol–water partition coefficient (Wildman–Crippen LogP) is 2.68. The molecule has 0 aromatic heterocycles. The molecular weight excluding hydrogens is 660 g/mol. The van der Waals surface area contributed by atoms with E-state index in [0.29, 0.717) is 31.6 Å². The van der Waals surface area contributed by atoms with Crippen molar-refractivity contribution in [2.45, 2.75) is 87.1 Å². The number of aliphatic hydroxyl groups is 1. The summed E-state index contributed by atoms with van der Waals surface area (Å²) in [7, 11) is 9.92. The van der Waals surface area contributed by atoms with Gasteiger partial charge in [-0.25, -0.2) is 4.79 Å². The average Bonchev–Trinajstić information content (AvgIpc) is 3.55. The zero-order valence-corrected chi connectivity index (χ0v) is 30.8. The number of fused-ring (bicyclic) bond motifs is 2. The van der Waals surface area contributed by atoms with Crippen molar-refractivity contribution < 1.29 is 52.6 Å². The fraction of sp³-hybridized carbons (Fsp3) is 0.763. The Balaban J connectivity index is 1.29. The lowest BCUT2D eigenvalue weighted by atomic mass is 9.42. The van der Waals surface area contributed by atoms with Crippen LogP contribution < -0.4 is 5.32 Å². The number of carbonyl (C=O) groups is 3. The molecule has 1 heterocycles. The van der Waals surface area contributed by atoms with Crippen LogP contribution in [0.3, 0.4) is 0 Å². The summed E-state index contributed by atoms with van der Waals surface area (Å²) < 4.78 is 43.2. The zero-order valence-electron chi connectivity index (χ0n) is 30.8. The Bertz CT molecular complexity index is 1530. The summed E-state index contributed by atoms with van der Waals surface area (Å²) in [4.78, 5) is 40.7. The van der Waals surface area contributed by atoms with Crippen molar-refractivity contribution in [3.8, 4) is 0 Å². The molecule has 0 radical (unpaired) electrons. The van der Waals surface area contributed by atoms with Crippen LogP contribution in [0.4, 0.5) is 5.69 Å². The highest BCUT2D eigenvalue weighted by Gasteiger charge is 2.92. The maximum absolute atomic E-state index is 14.0. The van der Waals surface area contributed by atoms with Crippen molar-refractivity contribution in [3.05, 3.63) is 29.8 Å². The van der Waals surface area contributed by atoms with Gasteiger partial charge in [0.15, 0.2) is 0 Å². The van der Waals surface area contributed by atoms with E-state index in [1.807, 2.05) is 0 Å². The number of piperidine rings is 1. The van der Waals surface area contributed by atoms with E-state index in [1.165, 1.54) is 7.11 Å². The van der Waals surface area contributed by atoms with E-state index >= 15 is 0 Å². The number of likely N-dealkylation sites (N-methyl/N-ethyl adjacent to an activating group) is 1. The first kappa shape index (κ1) is 36.7. The second kappa shape index (κ2) is 13.3. The molecule has 7 bridgehead atoms. The van der Waals surface area contributed by atoms with Gasteiger partial charge in [-0.05, 0) is 43.9 Å².